The van der Waals surface area contributed by atoms with E-state index in [0.29, 0.717) is 11.5 Å². The number of nitrogens with one attached hydrogen (secondary N) is 1. The van der Waals surface area contributed by atoms with Crippen molar-refractivity contribution in [3.8, 4) is 5.88 Å². The summed E-state index contributed by atoms with van der Waals surface area (Å²) >= 11 is 0. The Morgan fingerprint density at radius 1 is 1.52 bits per heavy atom. The fraction of sp³-hybridized carbons (Fsp3) is 0.538. The predicted octanol–water partition coefficient (Wildman–Crippen LogP) is 2.55. The van der Waals surface area contributed by atoms with Crippen LogP contribution < -0.4 is 15.8 Å². The number of aromatic nitrogens is 1. The molecule has 0 bridgehead atoms. The van der Waals surface area contributed by atoms with Gasteiger partial charge in [0, 0.05) is 17.8 Å². The smallest absolute Gasteiger partial charge is 0.272 e. The summed E-state index contributed by atoms with van der Waals surface area (Å²) in [6.45, 7) is 3.56. The lowest BCUT2D eigenvalue weighted by Crippen LogP contribution is -2.38. The number of nitrogens with zero attached hydrogens (tertiary/aromatic N) is 2. The molecule has 120 valence electrons. The normalized spacial score (nSPS) is 12.7. The predicted molar refractivity (Wildman–Crippen MR) is 89.4 cm³/mol. The maximum atomic E-state index is 12.1. The minimum atomic E-state index is -2.54. The lowest BCUT2D eigenvalue weighted by Gasteiger charge is -2.12. The van der Waals surface area contributed by atoms with Gasteiger partial charge in [0.25, 0.3) is 6.43 Å². The SMILES string of the molecule is CCC(C)NC(N)=NCc1cccnc1OCC(F)F.I. The summed E-state index contributed by atoms with van der Waals surface area (Å²) in [6, 6.07) is 3.63. The second-order valence-corrected chi connectivity index (χ2v) is 4.32. The summed E-state index contributed by atoms with van der Waals surface area (Å²) in [4.78, 5) is 8.07. The molecule has 1 rings (SSSR count). The van der Waals surface area contributed by atoms with Crippen molar-refractivity contribution in [2.24, 2.45) is 10.7 Å². The largest absolute Gasteiger partial charge is 0.471 e. The molecule has 0 aliphatic heterocycles. The van der Waals surface area contributed by atoms with Gasteiger partial charge in [-0.1, -0.05) is 13.0 Å². The third-order valence-corrected chi connectivity index (χ3v) is 2.62. The van der Waals surface area contributed by atoms with Gasteiger partial charge in [0.05, 0.1) is 6.54 Å². The number of halogens is 3. The van der Waals surface area contributed by atoms with Crippen LogP contribution in [0.3, 0.4) is 0 Å². The van der Waals surface area contributed by atoms with Crippen LogP contribution in [0.2, 0.25) is 0 Å². The molecule has 1 unspecified atom stereocenters. The molecular formula is C13H21F2IN4O. The first-order chi connectivity index (χ1) is 9.52. The Kier molecular flexibility index (Phi) is 9.93. The van der Waals surface area contributed by atoms with E-state index in [-0.39, 0.29) is 42.4 Å². The number of nitrogens with two attached hydrogens (primary N) is 1. The molecule has 0 radical (unpaired) electrons. The van der Waals surface area contributed by atoms with Crippen molar-refractivity contribution in [3.63, 3.8) is 0 Å². The summed E-state index contributed by atoms with van der Waals surface area (Å²) in [5, 5.41) is 3.02. The summed E-state index contributed by atoms with van der Waals surface area (Å²) in [6.07, 6.45) is -0.133. The topological polar surface area (TPSA) is 72.5 Å². The van der Waals surface area contributed by atoms with Crippen LogP contribution in [0, 0.1) is 0 Å². The molecule has 0 aliphatic rings. The third-order valence-electron chi connectivity index (χ3n) is 2.62. The van der Waals surface area contributed by atoms with Crippen molar-refractivity contribution >= 4 is 29.9 Å². The van der Waals surface area contributed by atoms with Gasteiger partial charge in [0.15, 0.2) is 12.6 Å². The minimum Gasteiger partial charge on any atom is -0.471 e. The van der Waals surface area contributed by atoms with Crippen molar-refractivity contribution in [3.05, 3.63) is 23.9 Å². The zero-order valence-electron chi connectivity index (χ0n) is 12.1. The lowest BCUT2D eigenvalue weighted by atomic mass is 10.2. The molecule has 1 aromatic heterocycles. The highest BCUT2D eigenvalue weighted by Crippen LogP contribution is 2.16. The maximum Gasteiger partial charge on any atom is 0.272 e. The first-order valence-electron chi connectivity index (χ1n) is 6.44. The molecule has 5 nitrogen and oxygen atoms in total. The molecule has 1 aromatic rings. The van der Waals surface area contributed by atoms with Gasteiger partial charge in [0.1, 0.15) is 0 Å². The average Bonchev–Trinajstić information content (AvgIpc) is 2.43. The zero-order chi connectivity index (χ0) is 15.0. The van der Waals surface area contributed by atoms with E-state index in [1.807, 2.05) is 13.8 Å². The number of pyridine rings is 1. The van der Waals surface area contributed by atoms with Crippen LogP contribution in [0.5, 0.6) is 5.88 Å². The van der Waals surface area contributed by atoms with Gasteiger partial charge in [-0.25, -0.2) is 18.8 Å². The third kappa shape index (κ3) is 7.98. The minimum absolute atomic E-state index is 0. The van der Waals surface area contributed by atoms with Gasteiger partial charge < -0.3 is 15.8 Å². The lowest BCUT2D eigenvalue weighted by molar-refractivity contribution is 0.0791. The van der Waals surface area contributed by atoms with E-state index in [1.165, 1.54) is 6.20 Å². The maximum absolute atomic E-state index is 12.1. The van der Waals surface area contributed by atoms with Gasteiger partial charge in [-0.15, -0.1) is 24.0 Å². The molecule has 1 atom stereocenters. The summed E-state index contributed by atoms with van der Waals surface area (Å²) in [7, 11) is 0. The van der Waals surface area contributed by atoms with E-state index in [2.05, 4.69) is 15.3 Å². The summed E-state index contributed by atoms with van der Waals surface area (Å²) < 4.78 is 29.2. The second kappa shape index (κ2) is 10.5. The number of alkyl halides is 2. The van der Waals surface area contributed by atoms with Crippen LogP contribution >= 0.6 is 24.0 Å². The van der Waals surface area contributed by atoms with Gasteiger partial charge >= 0.3 is 0 Å². The number of guanidine groups is 1. The average molecular weight is 414 g/mol. The Hall–Kier alpha value is -1.19. The monoisotopic (exact) mass is 414 g/mol. The molecule has 0 spiro atoms. The van der Waals surface area contributed by atoms with E-state index in [1.54, 1.807) is 12.1 Å². The van der Waals surface area contributed by atoms with Crippen LogP contribution in [0.4, 0.5) is 8.78 Å². The van der Waals surface area contributed by atoms with Crippen molar-refractivity contribution < 1.29 is 13.5 Å². The first kappa shape index (κ1) is 19.8. The number of aliphatic imine (C=N–C) groups is 1. The van der Waals surface area contributed by atoms with E-state index in [4.69, 9.17) is 10.5 Å². The van der Waals surface area contributed by atoms with Gasteiger partial charge in [-0.3, -0.25) is 0 Å². The molecule has 1 heterocycles. The second-order valence-electron chi connectivity index (χ2n) is 4.32. The van der Waals surface area contributed by atoms with Crippen molar-refractivity contribution in [2.45, 2.75) is 39.3 Å². The molecule has 0 aliphatic carbocycles. The fourth-order valence-corrected chi connectivity index (χ4v) is 1.39. The van der Waals surface area contributed by atoms with Crippen molar-refractivity contribution in [1.82, 2.24) is 10.3 Å². The standard InChI is InChI=1S/C13H20F2N4O.HI/c1-3-9(2)19-13(16)18-7-10-5-4-6-17-12(10)20-8-11(14)15;/h4-6,9,11H,3,7-8H2,1-2H3,(H3,16,18,19);1H. The Labute approximate surface area is 140 Å². The molecule has 0 aromatic carbocycles. The van der Waals surface area contributed by atoms with E-state index < -0.39 is 13.0 Å². The molecule has 3 N–H and O–H groups in total. The number of ether oxygens (including phenoxy) is 1. The highest BCUT2D eigenvalue weighted by molar-refractivity contribution is 14.0. The Bertz CT molecular complexity index is 446. The van der Waals surface area contributed by atoms with E-state index in [0.717, 1.165) is 6.42 Å². The van der Waals surface area contributed by atoms with Crippen LogP contribution in [-0.2, 0) is 6.54 Å². The number of hydrogen-bond acceptors (Lipinski definition) is 3. The number of hydrogen-bond donors (Lipinski definition) is 2. The quantitative estimate of drug-likeness (QED) is 0.409. The van der Waals surface area contributed by atoms with Crippen LogP contribution in [0.25, 0.3) is 0 Å². The molecule has 0 saturated heterocycles. The van der Waals surface area contributed by atoms with Crippen LogP contribution in [0.1, 0.15) is 25.8 Å². The Morgan fingerprint density at radius 3 is 2.86 bits per heavy atom. The molecule has 0 fully saturated rings. The summed E-state index contributed by atoms with van der Waals surface area (Å²) in [5.74, 6) is 0.468. The molecule has 8 heteroatoms. The summed E-state index contributed by atoms with van der Waals surface area (Å²) in [5.41, 5.74) is 6.34. The van der Waals surface area contributed by atoms with Gasteiger partial charge in [-0.05, 0) is 19.4 Å². The van der Waals surface area contributed by atoms with Gasteiger partial charge in [0.2, 0.25) is 5.88 Å². The van der Waals surface area contributed by atoms with E-state index >= 15 is 0 Å². The highest BCUT2D eigenvalue weighted by atomic mass is 127. The van der Waals surface area contributed by atoms with Crippen molar-refractivity contribution in [2.75, 3.05) is 6.61 Å². The fourth-order valence-electron chi connectivity index (χ4n) is 1.39. The van der Waals surface area contributed by atoms with Crippen molar-refractivity contribution in [1.29, 1.82) is 0 Å². The van der Waals surface area contributed by atoms with Gasteiger partial charge in [-0.2, -0.15) is 0 Å². The Morgan fingerprint density at radius 2 is 2.24 bits per heavy atom. The van der Waals surface area contributed by atoms with Crippen LogP contribution in [-0.4, -0.2) is 30.0 Å². The molecular weight excluding hydrogens is 393 g/mol. The molecule has 0 saturated carbocycles. The molecule has 0 amide bonds. The van der Waals surface area contributed by atoms with Crippen LogP contribution in [0.15, 0.2) is 23.3 Å². The van der Waals surface area contributed by atoms with E-state index in [9.17, 15) is 8.78 Å². The Balaban J connectivity index is 0.00000400. The molecule has 21 heavy (non-hydrogen) atoms. The zero-order valence-corrected chi connectivity index (χ0v) is 14.4. The highest BCUT2D eigenvalue weighted by Gasteiger charge is 2.08. The first-order valence-corrected chi connectivity index (χ1v) is 6.44. The number of rotatable bonds is 7.